The number of aliphatic hydroxyl groups excluding tert-OH is 3. The van der Waals surface area contributed by atoms with Crippen LogP contribution in [0.1, 0.15) is 30.9 Å². The lowest BCUT2D eigenvalue weighted by molar-refractivity contribution is -0.211. The first-order valence-electron chi connectivity index (χ1n) is 13.3. The summed E-state index contributed by atoms with van der Waals surface area (Å²) in [6, 6.07) is 7.21. The Hall–Kier alpha value is -2.86. The number of aromatic nitrogens is 3. The summed E-state index contributed by atoms with van der Waals surface area (Å²) < 4.78 is 27.2. The minimum absolute atomic E-state index is 0.0344. The van der Waals surface area contributed by atoms with E-state index in [0.717, 1.165) is 6.07 Å². The van der Waals surface area contributed by atoms with Crippen LogP contribution in [-0.4, -0.2) is 86.5 Å². The number of carbonyl (C=O) groups is 1. The highest BCUT2D eigenvalue weighted by Crippen LogP contribution is 2.38. The van der Waals surface area contributed by atoms with Crippen LogP contribution in [0.4, 0.5) is 10.1 Å². The summed E-state index contributed by atoms with van der Waals surface area (Å²) in [6.45, 7) is -0.654. The molecule has 1 aliphatic heterocycles. The van der Waals surface area contributed by atoms with Crippen molar-refractivity contribution in [2.24, 2.45) is 0 Å². The van der Waals surface area contributed by atoms with Crippen molar-refractivity contribution in [2.45, 2.75) is 61.9 Å². The fourth-order valence-electron chi connectivity index (χ4n) is 5.74. The topological polar surface area (TPSA) is 154 Å². The summed E-state index contributed by atoms with van der Waals surface area (Å²) in [5, 5.41) is 49.8. The number of anilines is 1. The number of halogens is 4. The summed E-state index contributed by atoms with van der Waals surface area (Å²) in [6.07, 6.45) is -3.13. The number of nitriles is 1. The molecule has 43 heavy (non-hydrogen) atoms. The highest BCUT2D eigenvalue weighted by Gasteiger charge is 2.52. The molecule has 228 valence electrons. The van der Waals surface area contributed by atoms with Gasteiger partial charge in [0, 0.05) is 23.4 Å². The molecule has 1 aromatic heterocycles. The van der Waals surface area contributed by atoms with Crippen LogP contribution in [0, 0.1) is 17.1 Å². The number of ether oxygens (including phenoxy) is 2. The first kappa shape index (κ1) is 31.6. The van der Waals surface area contributed by atoms with Gasteiger partial charge in [-0.3, -0.25) is 4.79 Å². The molecule has 0 radical (unpaired) electrons. The fourth-order valence-corrected chi connectivity index (χ4v) is 6.28. The van der Waals surface area contributed by atoms with Gasteiger partial charge in [-0.15, -0.1) is 5.10 Å². The Morgan fingerprint density at radius 1 is 1.23 bits per heavy atom. The molecule has 7 atom stereocenters. The predicted molar refractivity (Wildman–Crippen MR) is 154 cm³/mol. The van der Waals surface area contributed by atoms with E-state index in [1.165, 1.54) is 47.2 Å². The standard InChI is InChI=1S/C28H27Cl3FN5O6/c1-42-26-24(36-11-19(34-35-36)14-7-17(30)23(31)18(32)8-14)25(40)22(12-38)43-27(26)28(41)37(20-3-2-4-21(20)39)16-6-13(10-33)5-15(29)9-16/h5-9,11,20-22,24-27,38-40H,2-4,12H2,1H3/t20-,21-,22?,24?,25?,26?,27?/m1/s1. The Kier molecular flexibility index (Phi) is 9.55. The van der Waals surface area contributed by atoms with E-state index in [-0.39, 0.29) is 37.6 Å². The lowest BCUT2D eigenvalue weighted by atomic mass is 9.91. The number of carbonyl (C=O) groups excluding carboxylic acids is 1. The number of amides is 1. The molecular weight excluding hydrogens is 628 g/mol. The molecule has 0 bridgehead atoms. The van der Waals surface area contributed by atoms with Crippen molar-refractivity contribution >= 4 is 46.4 Å². The quantitative estimate of drug-likeness (QED) is 0.325. The van der Waals surface area contributed by atoms with E-state index in [1.807, 2.05) is 6.07 Å². The van der Waals surface area contributed by atoms with Gasteiger partial charge >= 0.3 is 0 Å². The molecule has 5 unspecified atom stereocenters. The molecule has 1 saturated heterocycles. The van der Waals surface area contributed by atoms with E-state index in [2.05, 4.69) is 10.3 Å². The van der Waals surface area contributed by atoms with Crippen LogP contribution in [0.2, 0.25) is 15.1 Å². The number of hydrogen-bond acceptors (Lipinski definition) is 9. The summed E-state index contributed by atoms with van der Waals surface area (Å²) >= 11 is 18.2. The Balaban J connectivity index is 1.55. The first-order valence-corrected chi connectivity index (χ1v) is 14.5. The van der Waals surface area contributed by atoms with E-state index < -0.39 is 60.9 Å². The van der Waals surface area contributed by atoms with Crippen molar-refractivity contribution < 1.29 is 34.0 Å². The van der Waals surface area contributed by atoms with Crippen LogP contribution in [-0.2, 0) is 14.3 Å². The van der Waals surface area contributed by atoms with Gasteiger partial charge in [-0.25, -0.2) is 9.07 Å². The van der Waals surface area contributed by atoms with E-state index in [1.54, 1.807) is 0 Å². The molecule has 2 aromatic carbocycles. The first-order chi connectivity index (χ1) is 20.6. The SMILES string of the molecule is COC1C(C(=O)N(c2cc(Cl)cc(C#N)c2)[C@@H]2CCC[C@H]2O)OC(CO)C(O)C1n1cc(-c2cc(F)c(Cl)c(Cl)c2)nn1. The van der Waals surface area contributed by atoms with Crippen molar-refractivity contribution in [1.82, 2.24) is 15.0 Å². The van der Waals surface area contributed by atoms with Gasteiger partial charge in [-0.05, 0) is 49.6 Å². The lowest BCUT2D eigenvalue weighted by Crippen LogP contribution is -2.62. The van der Waals surface area contributed by atoms with Crippen LogP contribution in [0.5, 0.6) is 0 Å². The molecule has 1 amide bonds. The van der Waals surface area contributed by atoms with E-state index in [4.69, 9.17) is 44.3 Å². The maximum absolute atomic E-state index is 14.4. The molecule has 1 aliphatic carbocycles. The zero-order chi connectivity index (χ0) is 31.0. The Morgan fingerprint density at radius 3 is 2.63 bits per heavy atom. The van der Waals surface area contributed by atoms with Gasteiger partial charge in [0.25, 0.3) is 5.91 Å². The Bertz CT molecular complexity index is 1530. The zero-order valence-corrected chi connectivity index (χ0v) is 24.9. The van der Waals surface area contributed by atoms with E-state index in [9.17, 15) is 29.8 Å². The molecule has 2 fully saturated rings. The Labute approximate surface area is 260 Å². The molecule has 15 heteroatoms. The number of methoxy groups -OCH3 is 1. The van der Waals surface area contributed by atoms with Crippen molar-refractivity contribution in [3.63, 3.8) is 0 Å². The third-order valence-corrected chi connectivity index (χ3v) is 8.78. The average Bonchev–Trinajstić information content (AvgIpc) is 3.64. The van der Waals surface area contributed by atoms with E-state index in [0.29, 0.717) is 19.3 Å². The van der Waals surface area contributed by atoms with Crippen LogP contribution < -0.4 is 4.90 Å². The van der Waals surface area contributed by atoms with Gasteiger partial charge in [0.1, 0.15) is 35.9 Å². The van der Waals surface area contributed by atoms with Crippen molar-refractivity contribution in [2.75, 3.05) is 18.6 Å². The maximum atomic E-state index is 14.4. The second-order valence-electron chi connectivity index (χ2n) is 10.4. The number of hydrogen-bond donors (Lipinski definition) is 3. The molecule has 2 heterocycles. The highest BCUT2D eigenvalue weighted by atomic mass is 35.5. The van der Waals surface area contributed by atoms with E-state index >= 15 is 0 Å². The van der Waals surface area contributed by atoms with Crippen molar-refractivity contribution in [3.05, 3.63) is 63.0 Å². The van der Waals surface area contributed by atoms with Crippen molar-refractivity contribution in [1.29, 1.82) is 5.26 Å². The molecule has 3 aromatic rings. The molecule has 11 nitrogen and oxygen atoms in total. The van der Waals surface area contributed by atoms with Gasteiger partial charge in [-0.2, -0.15) is 5.26 Å². The highest BCUT2D eigenvalue weighted by molar-refractivity contribution is 6.42. The van der Waals surface area contributed by atoms with Crippen LogP contribution in [0.15, 0.2) is 36.5 Å². The third-order valence-electron chi connectivity index (χ3n) is 7.78. The largest absolute Gasteiger partial charge is 0.394 e. The van der Waals surface area contributed by atoms with Crippen LogP contribution in [0.25, 0.3) is 11.3 Å². The number of aliphatic hydroxyl groups is 3. The molecule has 3 N–H and O–H groups in total. The smallest absolute Gasteiger partial charge is 0.259 e. The monoisotopic (exact) mass is 653 g/mol. The minimum Gasteiger partial charge on any atom is -0.394 e. The van der Waals surface area contributed by atoms with Gasteiger partial charge in [0.05, 0.1) is 46.6 Å². The second kappa shape index (κ2) is 13.0. The van der Waals surface area contributed by atoms with Gasteiger partial charge in [0.2, 0.25) is 0 Å². The average molecular weight is 655 g/mol. The normalized spacial score (nSPS) is 27.2. The number of rotatable bonds is 7. The molecule has 1 saturated carbocycles. The maximum Gasteiger partial charge on any atom is 0.259 e. The van der Waals surface area contributed by atoms with Gasteiger partial charge < -0.3 is 29.7 Å². The summed E-state index contributed by atoms with van der Waals surface area (Å²) in [4.78, 5) is 15.7. The number of benzene rings is 2. The minimum atomic E-state index is -1.42. The van der Waals surface area contributed by atoms with Crippen LogP contribution in [0.3, 0.4) is 0 Å². The summed E-state index contributed by atoms with van der Waals surface area (Å²) in [5.41, 5.74) is 0.922. The molecule has 5 rings (SSSR count). The van der Waals surface area contributed by atoms with Crippen LogP contribution >= 0.6 is 34.8 Å². The summed E-state index contributed by atoms with van der Waals surface area (Å²) in [7, 11) is 1.32. The zero-order valence-electron chi connectivity index (χ0n) is 22.6. The van der Waals surface area contributed by atoms with Crippen molar-refractivity contribution in [3.8, 4) is 17.3 Å². The van der Waals surface area contributed by atoms with Gasteiger partial charge in [0.15, 0.2) is 6.10 Å². The fraction of sp³-hybridized carbons (Fsp3) is 0.429. The molecular formula is C28H27Cl3FN5O6. The predicted octanol–water partition coefficient (Wildman–Crippen LogP) is 3.54. The van der Waals surface area contributed by atoms with Gasteiger partial charge in [-0.1, -0.05) is 40.0 Å². The molecule has 0 spiro atoms. The Morgan fingerprint density at radius 2 is 2.00 bits per heavy atom. The lowest BCUT2D eigenvalue weighted by Gasteiger charge is -2.45. The number of nitrogens with zero attached hydrogens (tertiary/aromatic N) is 5. The summed E-state index contributed by atoms with van der Waals surface area (Å²) in [5.74, 6) is -1.41. The molecule has 2 aliphatic rings. The second-order valence-corrected chi connectivity index (χ2v) is 11.6. The third kappa shape index (κ3) is 6.09.